The van der Waals surface area contributed by atoms with Crippen LogP contribution >= 0.6 is 0 Å². The molecule has 1 amide bonds. The first-order valence-corrected chi connectivity index (χ1v) is 7.51. The zero-order valence-corrected chi connectivity index (χ0v) is 13.6. The maximum absolute atomic E-state index is 12.0. The maximum atomic E-state index is 12.0. The molecule has 1 N–H and O–H groups in total. The van der Waals surface area contributed by atoms with Crippen molar-refractivity contribution in [3.63, 3.8) is 0 Å². The predicted molar refractivity (Wildman–Crippen MR) is 82.8 cm³/mol. The van der Waals surface area contributed by atoms with Gasteiger partial charge in [-0.15, -0.1) is 0 Å². The molecule has 1 unspecified atom stereocenters. The lowest BCUT2D eigenvalue weighted by atomic mass is 9.85. The summed E-state index contributed by atoms with van der Waals surface area (Å²) in [6.07, 6.45) is 2.11. The first-order valence-electron chi connectivity index (χ1n) is 7.51. The van der Waals surface area contributed by atoms with Crippen LogP contribution in [0.5, 0.6) is 0 Å². The summed E-state index contributed by atoms with van der Waals surface area (Å²) in [6, 6.07) is 5.40. The fourth-order valence-electron chi connectivity index (χ4n) is 2.75. The van der Waals surface area contributed by atoms with Gasteiger partial charge in [0.15, 0.2) is 0 Å². The summed E-state index contributed by atoms with van der Waals surface area (Å²) in [6.45, 7) is 5.49. The molecule has 0 bridgehead atoms. The molecule has 1 aliphatic rings. The lowest BCUT2D eigenvalue weighted by Crippen LogP contribution is -2.36. The number of ether oxygens (including phenoxy) is 2. The van der Waals surface area contributed by atoms with Crippen LogP contribution in [0.15, 0.2) is 18.2 Å². The summed E-state index contributed by atoms with van der Waals surface area (Å²) in [5, 5.41) is 2.90. The second-order valence-electron chi connectivity index (χ2n) is 6.46. The molecule has 0 saturated heterocycles. The molecule has 0 aromatic heterocycles. The van der Waals surface area contributed by atoms with Gasteiger partial charge in [0.25, 0.3) is 0 Å². The second kappa shape index (κ2) is 6.38. The van der Waals surface area contributed by atoms with Gasteiger partial charge in [-0.05, 0) is 57.2 Å². The molecule has 22 heavy (non-hydrogen) atoms. The number of methoxy groups -OCH3 is 1. The topological polar surface area (TPSA) is 64.6 Å². The van der Waals surface area contributed by atoms with Crippen LogP contribution in [-0.2, 0) is 15.9 Å². The van der Waals surface area contributed by atoms with Crippen molar-refractivity contribution in [1.82, 2.24) is 5.32 Å². The fourth-order valence-corrected chi connectivity index (χ4v) is 2.75. The van der Waals surface area contributed by atoms with Gasteiger partial charge in [-0.1, -0.05) is 12.1 Å². The highest BCUT2D eigenvalue weighted by molar-refractivity contribution is 5.91. The Labute approximate surface area is 131 Å². The number of carbonyl (C=O) groups excluding carboxylic acids is 2. The van der Waals surface area contributed by atoms with Gasteiger partial charge < -0.3 is 14.8 Å². The van der Waals surface area contributed by atoms with Crippen LogP contribution in [0.2, 0.25) is 0 Å². The molecule has 1 aromatic carbocycles. The van der Waals surface area contributed by atoms with Crippen molar-refractivity contribution in [2.45, 2.75) is 51.7 Å². The van der Waals surface area contributed by atoms with E-state index in [0.717, 1.165) is 30.4 Å². The number of alkyl carbamates (subject to hydrolysis) is 1. The molecule has 0 heterocycles. The van der Waals surface area contributed by atoms with Crippen molar-refractivity contribution in [3.8, 4) is 0 Å². The Kier molecular flexibility index (Phi) is 4.74. The van der Waals surface area contributed by atoms with Gasteiger partial charge in [-0.25, -0.2) is 9.59 Å². The van der Waals surface area contributed by atoms with E-state index in [2.05, 4.69) is 5.32 Å². The summed E-state index contributed by atoms with van der Waals surface area (Å²) >= 11 is 0. The van der Waals surface area contributed by atoms with Crippen molar-refractivity contribution in [2.24, 2.45) is 0 Å². The van der Waals surface area contributed by atoms with Gasteiger partial charge in [-0.3, -0.25) is 0 Å². The fraction of sp³-hybridized carbons (Fsp3) is 0.529. The van der Waals surface area contributed by atoms with E-state index in [1.54, 1.807) is 6.07 Å². The molecular weight excluding hydrogens is 282 g/mol. The Bertz CT molecular complexity index is 575. The normalized spacial score (nSPS) is 17.4. The van der Waals surface area contributed by atoms with Gasteiger partial charge in [0.2, 0.25) is 0 Å². The third kappa shape index (κ3) is 3.78. The van der Waals surface area contributed by atoms with E-state index in [0.29, 0.717) is 5.56 Å². The van der Waals surface area contributed by atoms with E-state index in [9.17, 15) is 9.59 Å². The van der Waals surface area contributed by atoms with Crippen LogP contribution in [0.1, 0.15) is 61.1 Å². The van der Waals surface area contributed by atoms with E-state index >= 15 is 0 Å². The zero-order valence-electron chi connectivity index (χ0n) is 13.6. The molecule has 1 atom stereocenters. The number of hydrogen-bond donors (Lipinski definition) is 1. The van der Waals surface area contributed by atoms with Gasteiger partial charge in [0.1, 0.15) is 5.60 Å². The second-order valence-corrected chi connectivity index (χ2v) is 6.46. The third-order valence-electron chi connectivity index (χ3n) is 3.60. The average molecular weight is 305 g/mol. The molecule has 0 saturated carbocycles. The molecule has 120 valence electrons. The van der Waals surface area contributed by atoms with Crippen LogP contribution < -0.4 is 5.32 Å². The van der Waals surface area contributed by atoms with E-state index in [4.69, 9.17) is 9.47 Å². The number of nitrogens with one attached hydrogen (secondary N) is 1. The minimum Gasteiger partial charge on any atom is -0.465 e. The molecule has 0 radical (unpaired) electrons. The Morgan fingerprint density at radius 2 is 2.00 bits per heavy atom. The summed E-state index contributed by atoms with van der Waals surface area (Å²) in [5.74, 6) is -0.338. The largest absolute Gasteiger partial charge is 0.465 e. The predicted octanol–water partition coefficient (Wildman–Crippen LogP) is 3.38. The maximum Gasteiger partial charge on any atom is 0.408 e. The smallest absolute Gasteiger partial charge is 0.408 e. The van der Waals surface area contributed by atoms with Gasteiger partial charge in [0.05, 0.1) is 18.7 Å². The van der Waals surface area contributed by atoms with Crippen LogP contribution in [0.4, 0.5) is 4.79 Å². The van der Waals surface area contributed by atoms with E-state index in [-0.39, 0.29) is 12.0 Å². The zero-order chi connectivity index (χ0) is 16.3. The number of rotatable bonds is 2. The van der Waals surface area contributed by atoms with Crippen LogP contribution in [0, 0.1) is 0 Å². The van der Waals surface area contributed by atoms with Crippen LogP contribution in [-0.4, -0.2) is 24.8 Å². The third-order valence-corrected chi connectivity index (χ3v) is 3.60. The standard InChI is InChI=1S/C17H23NO4/c1-17(2,3)22-16(20)18-14-10-6-7-11-12(14)8-5-9-13(11)15(19)21-4/h5,8-9,14H,6-7,10H2,1-4H3,(H,18,20). The Morgan fingerprint density at radius 3 is 2.64 bits per heavy atom. The lowest BCUT2D eigenvalue weighted by molar-refractivity contribution is 0.0498. The Hall–Kier alpha value is -2.04. The molecule has 1 aliphatic carbocycles. The molecule has 0 aliphatic heterocycles. The Balaban J connectivity index is 2.22. The number of esters is 1. The monoisotopic (exact) mass is 305 g/mol. The highest BCUT2D eigenvalue weighted by Gasteiger charge is 2.27. The summed E-state index contributed by atoms with van der Waals surface area (Å²) in [7, 11) is 1.38. The minimum atomic E-state index is -0.532. The van der Waals surface area contributed by atoms with Gasteiger partial charge in [-0.2, -0.15) is 0 Å². The Morgan fingerprint density at radius 1 is 1.27 bits per heavy atom. The first kappa shape index (κ1) is 16.3. The molecule has 2 rings (SSSR count). The van der Waals surface area contributed by atoms with Crippen molar-refractivity contribution in [3.05, 3.63) is 34.9 Å². The summed E-state index contributed by atoms with van der Waals surface area (Å²) < 4.78 is 10.1. The van der Waals surface area contributed by atoms with Crippen LogP contribution in [0.3, 0.4) is 0 Å². The number of benzene rings is 1. The van der Waals surface area contributed by atoms with E-state index in [1.165, 1.54) is 7.11 Å². The number of amides is 1. The molecule has 0 spiro atoms. The van der Waals surface area contributed by atoms with Gasteiger partial charge >= 0.3 is 12.1 Å². The average Bonchev–Trinajstić information content (AvgIpc) is 2.44. The summed E-state index contributed by atoms with van der Waals surface area (Å²) in [4.78, 5) is 23.9. The highest BCUT2D eigenvalue weighted by Crippen LogP contribution is 2.32. The minimum absolute atomic E-state index is 0.136. The highest BCUT2D eigenvalue weighted by atomic mass is 16.6. The van der Waals surface area contributed by atoms with Crippen molar-refractivity contribution < 1.29 is 19.1 Å². The van der Waals surface area contributed by atoms with Crippen molar-refractivity contribution in [2.75, 3.05) is 7.11 Å². The molecule has 5 nitrogen and oxygen atoms in total. The molecule has 0 fully saturated rings. The van der Waals surface area contributed by atoms with E-state index < -0.39 is 11.7 Å². The molecular formula is C17H23NO4. The number of hydrogen-bond acceptors (Lipinski definition) is 4. The number of carbonyl (C=O) groups is 2. The van der Waals surface area contributed by atoms with Crippen LogP contribution in [0.25, 0.3) is 0 Å². The number of fused-ring (bicyclic) bond motifs is 1. The van der Waals surface area contributed by atoms with E-state index in [1.807, 2.05) is 32.9 Å². The SMILES string of the molecule is COC(=O)c1cccc2c1CCCC2NC(=O)OC(C)(C)C. The molecule has 5 heteroatoms. The van der Waals surface area contributed by atoms with Crippen molar-refractivity contribution >= 4 is 12.1 Å². The summed E-state index contributed by atoms with van der Waals surface area (Å²) in [5.41, 5.74) is 1.98. The molecule has 1 aromatic rings. The van der Waals surface area contributed by atoms with Crippen molar-refractivity contribution in [1.29, 1.82) is 0 Å². The first-order chi connectivity index (χ1) is 10.3. The quantitative estimate of drug-likeness (QED) is 0.851. The van der Waals surface area contributed by atoms with Gasteiger partial charge in [0, 0.05) is 0 Å². The lowest BCUT2D eigenvalue weighted by Gasteiger charge is -2.29.